The molecule has 0 radical (unpaired) electrons. The number of benzene rings is 3. The molecule has 0 saturated heterocycles. The van der Waals surface area contributed by atoms with Gasteiger partial charge in [-0.1, -0.05) is 53.0 Å². The van der Waals surface area contributed by atoms with Gasteiger partial charge in [0.05, 0.1) is 65.5 Å². The Labute approximate surface area is 352 Å². The third-order valence-corrected chi connectivity index (χ3v) is 8.50. The number of hydrogen-bond acceptors (Lipinski definition) is 9. The summed E-state index contributed by atoms with van der Waals surface area (Å²) in [5.41, 5.74) is 3.21. The molecule has 0 unspecified atom stereocenters. The molecule has 3 aromatic carbocycles. The van der Waals surface area contributed by atoms with E-state index in [0.717, 1.165) is 0 Å². The molecule has 58 heavy (non-hydrogen) atoms. The van der Waals surface area contributed by atoms with Gasteiger partial charge in [0.15, 0.2) is 0 Å². The molecule has 0 atom stereocenters. The summed E-state index contributed by atoms with van der Waals surface area (Å²) in [4.78, 5) is 77.0. The number of nitrogens with zero attached hydrogens (tertiary/aromatic N) is 3. The third kappa shape index (κ3) is 11.9. The van der Waals surface area contributed by atoms with Gasteiger partial charge in [-0.3, -0.25) is 15.0 Å². The van der Waals surface area contributed by atoms with Crippen molar-refractivity contribution in [3.8, 4) is 33.8 Å². The average Bonchev–Trinajstić information content (AvgIpc) is 3.18. The Kier molecular flexibility index (Phi) is 16.1. The monoisotopic (exact) mass is 883 g/mol. The molecule has 6 N–H and O–H groups in total. The van der Waals surface area contributed by atoms with E-state index < -0.39 is 35.8 Å². The first-order valence-corrected chi connectivity index (χ1v) is 16.8. The quantitative estimate of drug-likeness (QED) is 0.0796. The first kappa shape index (κ1) is 45.7. The second-order valence-corrected chi connectivity index (χ2v) is 12.4. The molecule has 0 aliphatic carbocycles. The van der Waals surface area contributed by atoms with E-state index in [9.17, 15) is 28.8 Å². The molecular weight excluding hydrogens is 861 g/mol. The van der Waals surface area contributed by atoms with Crippen LogP contribution in [0.25, 0.3) is 33.8 Å². The minimum atomic E-state index is -1.13. The standard InChI is InChI=1S/3C13H8ClNO4.Cr/c3*14-10-3-1-7(5-9(10)13(18)19)11-4-2-8(6-15-11)12(16)17;/h3*1-6H,(H,16,17)(H,18,19);. The van der Waals surface area contributed by atoms with Gasteiger partial charge in [0.25, 0.3) is 0 Å². The summed E-state index contributed by atoms with van der Waals surface area (Å²) >= 11 is 17.3. The maximum absolute atomic E-state index is 11.0. The van der Waals surface area contributed by atoms with Crippen molar-refractivity contribution >= 4 is 70.6 Å². The van der Waals surface area contributed by atoms with Gasteiger partial charge in [0.2, 0.25) is 0 Å². The molecule has 6 aromatic rings. The summed E-state index contributed by atoms with van der Waals surface area (Å²) in [7, 11) is 0. The largest absolute Gasteiger partial charge is 0.478 e. The number of carboxylic acid groups (broad SMARTS) is 6. The van der Waals surface area contributed by atoms with E-state index in [2.05, 4.69) is 15.0 Å². The van der Waals surface area contributed by atoms with E-state index in [1.165, 1.54) is 91.4 Å². The van der Waals surface area contributed by atoms with Gasteiger partial charge in [-0.2, -0.15) is 0 Å². The zero-order valence-corrected chi connectivity index (χ0v) is 32.5. The Hall–Kier alpha value is -6.67. The molecule has 0 spiro atoms. The van der Waals surface area contributed by atoms with Gasteiger partial charge in [-0.15, -0.1) is 0 Å². The predicted octanol–water partition coefficient (Wildman–Crippen LogP) is 8.39. The van der Waals surface area contributed by atoms with Crippen molar-refractivity contribution in [3.63, 3.8) is 0 Å². The maximum atomic E-state index is 11.0. The molecule has 19 heteroatoms. The van der Waals surface area contributed by atoms with Gasteiger partial charge in [-0.05, 0) is 72.8 Å². The van der Waals surface area contributed by atoms with Gasteiger partial charge in [-0.25, -0.2) is 28.8 Å². The zero-order valence-electron chi connectivity index (χ0n) is 28.9. The third-order valence-electron chi connectivity index (χ3n) is 7.51. The predicted molar refractivity (Wildman–Crippen MR) is 206 cm³/mol. The second kappa shape index (κ2) is 20.5. The van der Waals surface area contributed by atoms with Crippen molar-refractivity contribution in [1.82, 2.24) is 15.0 Å². The zero-order chi connectivity index (χ0) is 42.0. The van der Waals surface area contributed by atoms with Crippen LogP contribution in [0.15, 0.2) is 110 Å². The smallest absolute Gasteiger partial charge is 0.337 e. The topological polar surface area (TPSA) is 262 Å². The first-order valence-electron chi connectivity index (χ1n) is 15.6. The summed E-state index contributed by atoms with van der Waals surface area (Å²) in [6, 6.07) is 22.2. The van der Waals surface area contributed by atoms with Crippen LogP contribution in [0.2, 0.25) is 15.1 Å². The van der Waals surface area contributed by atoms with E-state index in [0.29, 0.717) is 33.8 Å². The summed E-state index contributed by atoms with van der Waals surface area (Å²) in [5.74, 6) is -6.60. The molecule has 3 heterocycles. The number of carboxylic acids is 6. The fourth-order valence-corrected chi connectivity index (χ4v) is 5.21. The van der Waals surface area contributed by atoms with Crippen LogP contribution >= 0.6 is 34.8 Å². The summed E-state index contributed by atoms with van der Waals surface area (Å²) in [6.07, 6.45) is 3.64. The van der Waals surface area contributed by atoms with Gasteiger partial charge in [0, 0.05) is 52.6 Å². The minimum Gasteiger partial charge on any atom is -0.478 e. The van der Waals surface area contributed by atoms with E-state index >= 15 is 0 Å². The molecule has 0 aliphatic rings. The fraction of sp³-hybridized carbons (Fsp3) is 0. The number of carbonyl (C=O) groups is 6. The molecule has 0 aliphatic heterocycles. The number of rotatable bonds is 9. The summed E-state index contributed by atoms with van der Waals surface area (Å²) < 4.78 is 0. The second-order valence-electron chi connectivity index (χ2n) is 11.2. The average molecular weight is 885 g/mol. The van der Waals surface area contributed by atoms with Crippen LogP contribution in [-0.2, 0) is 17.4 Å². The Balaban J connectivity index is 0.000000231. The molecular formula is C39H24Cl3CrN3O12. The van der Waals surface area contributed by atoms with Crippen molar-refractivity contribution < 1.29 is 76.8 Å². The molecule has 0 fully saturated rings. The molecule has 0 amide bonds. The van der Waals surface area contributed by atoms with Crippen molar-refractivity contribution in [3.05, 3.63) is 158 Å². The van der Waals surface area contributed by atoms with E-state index in [4.69, 9.17) is 65.4 Å². The number of pyridine rings is 3. The van der Waals surface area contributed by atoms with Crippen LogP contribution in [0.4, 0.5) is 0 Å². The number of aromatic nitrogens is 3. The molecule has 6 rings (SSSR count). The number of hydrogen-bond donors (Lipinski definition) is 6. The van der Waals surface area contributed by atoms with Crippen molar-refractivity contribution in [1.29, 1.82) is 0 Å². The van der Waals surface area contributed by atoms with Crippen molar-refractivity contribution in [2.75, 3.05) is 0 Å². The van der Waals surface area contributed by atoms with Gasteiger partial charge >= 0.3 is 35.8 Å². The normalized spacial score (nSPS) is 9.98. The number of halogens is 3. The molecule has 0 bridgehead atoms. The molecule has 0 saturated carbocycles. The van der Waals surface area contributed by atoms with Crippen LogP contribution in [-0.4, -0.2) is 81.4 Å². The van der Waals surface area contributed by atoms with E-state index in [1.54, 1.807) is 18.2 Å². The van der Waals surface area contributed by atoms with Gasteiger partial charge in [0.1, 0.15) is 0 Å². The van der Waals surface area contributed by atoms with Crippen molar-refractivity contribution in [2.24, 2.45) is 0 Å². The summed E-state index contributed by atoms with van der Waals surface area (Å²) in [6.45, 7) is 0. The van der Waals surface area contributed by atoms with Crippen LogP contribution in [0.1, 0.15) is 62.1 Å². The SMILES string of the molecule is O=C(O)c1ccc(-c2ccc(Cl)c(C(=O)O)c2)nc1.O=C(O)c1ccc(-c2ccc(Cl)c(C(=O)O)c2)nc1.O=C(O)c1ccc(-c2ccc(Cl)c(C(=O)O)c2)nc1.[Cr]. The number of aromatic carboxylic acids is 6. The Morgan fingerprint density at radius 1 is 0.362 bits per heavy atom. The first-order chi connectivity index (χ1) is 27.0. The minimum absolute atomic E-state index is 0. The van der Waals surface area contributed by atoms with Crippen LogP contribution in [0.5, 0.6) is 0 Å². The Morgan fingerprint density at radius 3 is 0.776 bits per heavy atom. The fourth-order valence-electron chi connectivity index (χ4n) is 4.62. The Morgan fingerprint density at radius 2 is 0.603 bits per heavy atom. The molecule has 15 nitrogen and oxygen atoms in total. The van der Waals surface area contributed by atoms with E-state index in [-0.39, 0.29) is 65.8 Å². The van der Waals surface area contributed by atoms with Crippen LogP contribution in [0, 0.1) is 0 Å². The summed E-state index contributed by atoms with van der Waals surface area (Å²) in [5, 5.41) is 53.6. The van der Waals surface area contributed by atoms with Crippen molar-refractivity contribution in [2.45, 2.75) is 0 Å². The Bertz CT molecular complexity index is 2240. The van der Waals surface area contributed by atoms with Crippen LogP contribution < -0.4 is 0 Å². The van der Waals surface area contributed by atoms with Gasteiger partial charge < -0.3 is 30.6 Å². The molecule has 294 valence electrons. The van der Waals surface area contributed by atoms with Crippen LogP contribution in [0.3, 0.4) is 0 Å². The molecule has 3 aromatic heterocycles. The maximum Gasteiger partial charge on any atom is 0.337 e. The van der Waals surface area contributed by atoms with E-state index in [1.807, 2.05) is 0 Å².